The van der Waals surface area contributed by atoms with Crippen LogP contribution in [0.1, 0.15) is 31.1 Å². The molecule has 0 saturated heterocycles. The first-order valence-electron chi connectivity index (χ1n) is 8.56. The molecule has 0 unspecified atom stereocenters. The van der Waals surface area contributed by atoms with Gasteiger partial charge in [0.2, 0.25) is 17.7 Å². The number of anilines is 2. The molecule has 10 nitrogen and oxygen atoms in total. The fraction of sp³-hybridized carbons (Fsp3) is 0.278. The van der Waals surface area contributed by atoms with Crippen LogP contribution in [0.4, 0.5) is 11.4 Å². The van der Waals surface area contributed by atoms with E-state index in [0.717, 1.165) is 11.8 Å². The van der Waals surface area contributed by atoms with Crippen LogP contribution in [0.15, 0.2) is 34.2 Å². The van der Waals surface area contributed by atoms with Crippen LogP contribution in [0.2, 0.25) is 0 Å². The van der Waals surface area contributed by atoms with Crippen molar-refractivity contribution in [2.45, 2.75) is 31.2 Å². The molecule has 0 aliphatic heterocycles. The minimum atomic E-state index is -0.739. The third-order valence-electron chi connectivity index (χ3n) is 3.50. The molecule has 2 rings (SSSR count). The van der Waals surface area contributed by atoms with Gasteiger partial charge >= 0.3 is 5.97 Å². The Bertz CT molecular complexity index is 973. The van der Waals surface area contributed by atoms with Crippen molar-refractivity contribution in [2.24, 2.45) is 0 Å². The maximum Gasteiger partial charge on any atom is 0.338 e. The van der Waals surface area contributed by atoms with E-state index in [4.69, 9.17) is 4.74 Å². The molecule has 1 atom stereocenters. The van der Waals surface area contributed by atoms with E-state index in [-0.39, 0.29) is 23.4 Å². The number of H-pyrrole nitrogens is 1. The number of esters is 1. The normalized spacial score (nSPS) is 11.4. The average molecular weight is 420 g/mol. The molecule has 11 heteroatoms. The van der Waals surface area contributed by atoms with Gasteiger partial charge in [-0.05, 0) is 38.1 Å². The van der Waals surface area contributed by atoms with Crippen molar-refractivity contribution < 1.29 is 24.2 Å². The first kappa shape index (κ1) is 22.0. The SMILES string of the molecule is CCOC(=O)c1ccc(NC(=O)[C@H](C)Sc2nc(O)c(NC(C)=O)c(=O)[nH]2)cc1. The molecule has 154 valence electrons. The van der Waals surface area contributed by atoms with Crippen molar-refractivity contribution in [2.75, 3.05) is 17.2 Å². The summed E-state index contributed by atoms with van der Waals surface area (Å²) in [4.78, 5) is 53.2. The second-order valence-corrected chi connectivity index (χ2v) is 7.13. The largest absolute Gasteiger partial charge is 0.492 e. The summed E-state index contributed by atoms with van der Waals surface area (Å²) in [6, 6.07) is 6.19. The smallest absolute Gasteiger partial charge is 0.338 e. The Hall–Kier alpha value is -3.34. The summed E-state index contributed by atoms with van der Waals surface area (Å²) in [5.74, 6) is -2.01. The zero-order chi connectivity index (χ0) is 21.6. The van der Waals surface area contributed by atoms with Crippen LogP contribution < -0.4 is 16.2 Å². The topological polar surface area (TPSA) is 150 Å². The van der Waals surface area contributed by atoms with Gasteiger partial charge < -0.3 is 20.5 Å². The summed E-state index contributed by atoms with van der Waals surface area (Å²) in [6.45, 7) is 4.75. The van der Waals surface area contributed by atoms with Crippen LogP contribution in [0.3, 0.4) is 0 Å². The van der Waals surface area contributed by atoms with Gasteiger partial charge in [0, 0.05) is 12.6 Å². The lowest BCUT2D eigenvalue weighted by Gasteiger charge is -2.12. The van der Waals surface area contributed by atoms with E-state index >= 15 is 0 Å². The van der Waals surface area contributed by atoms with E-state index in [9.17, 15) is 24.3 Å². The van der Waals surface area contributed by atoms with E-state index in [1.54, 1.807) is 26.0 Å². The molecule has 0 aliphatic carbocycles. The Balaban J connectivity index is 2.03. The number of thioether (sulfide) groups is 1. The molecule has 1 heterocycles. The molecule has 0 spiro atoms. The van der Waals surface area contributed by atoms with Crippen LogP contribution in [0, 0.1) is 0 Å². The Morgan fingerprint density at radius 3 is 2.45 bits per heavy atom. The van der Waals surface area contributed by atoms with Gasteiger partial charge in [0.25, 0.3) is 5.56 Å². The van der Waals surface area contributed by atoms with Crippen LogP contribution in [-0.2, 0) is 14.3 Å². The minimum Gasteiger partial charge on any atom is -0.492 e. The number of nitrogens with zero attached hydrogens (tertiary/aromatic N) is 1. The molecular weight excluding hydrogens is 400 g/mol. The summed E-state index contributed by atoms with van der Waals surface area (Å²) in [7, 11) is 0. The zero-order valence-corrected chi connectivity index (χ0v) is 16.8. The molecule has 2 amide bonds. The molecule has 0 saturated carbocycles. The lowest BCUT2D eigenvalue weighted by Crippen LogP contribution is -2.24. The highest BCUT2D eigenvalue weighted by atomic mass is 32.2. The van der Waals surface area contributed by atoms with Crippen molar-refractivity contribution in [3.63, 3.8) is 0 Å². The summed E-state index contributed by atoms with van der Waals surface area (Å²) in [5, 5.41) is 14.0. The third kappa shape index (κ3) is 6.07. The van der Waals surface area contributed by atoms with Gasteiger partial charge in [-0.15, -0.1) is 0 Å². The number of aromatic amines is 1. The van der Waals surface area contributed by atoms with Gasteiger partial charge in [-0.25, -0.2) is 4.79 Å². The maximum absolute atomic E-state index is 12.4. The van der Waals surface area contributed by atoms with Gasteiger partial charge in [-0.1, -0.05) is 11.8 Å². The highest BCUT2D eigenvalue weighted by Gasteiger charge is 2.19. The summed E-state index contributed by atoms with van der Waals surface area (Å²) in [6.07, 6.45) is 0. The van der Waals surface area contributed by atoms with Gasteiger partial charge in [0.15, 0.2) is 10.8 Å². The Labute approximate surface area is 170 Å². The van der Waals surface area contributed by atoms with Gasteiger partial charge in [0.1, 0.15) is 0 Å². The summed E-state index contributed by atoms with van der Waals surface area (Å²) >= 11 is 0.916. The minimum absolute atomic E-state index is 0.0157. The van der Waals surface area contributed by atoms with Crippen molar-refractivity contribution in [1.29, 1.82) is 0 Å². The molecule has 0 bridgehead atoms. The van der Waals surface area contributed by atoms with Crippen LogP contribution in [0.5, 0.6) is 5.88 Å². The standard InChI is InChI=1S/C18H20N4O6S/c1-4-28-17(27)11-5-7-12(8-6-11)20-14(24)9(2)29-18-21-15(25)13(16(26)22-18)19-10(3)23/h5-9H,4H2,1-3H3,(H,19,23)(H,20,24)(H2,21,22,25,26)/t9-/m0/s1. The third-order valence-corrected chi connectivity index (χ3v) is 4.49. The van der Waals surface area contributed by atoms with Crippen LogP contribution in [0.25, 0.3) is 0 Å². The monoisotopic (exact) mass is 420 g/mol. The number of aromatic hydroxyl groups is 1. The fourth-order valence-corrected chi connectivity index (χ4v) is 2.95. The number of rotatable bonds is 7. The molecule has 2 aromatic rings. The summed E-state index contributed by atoms with van der Waals surface area (Å²) in [5.41, 5.74) is -0.261. The summed E-state index contributed by atoms with van der Waals surface area (Å²) < 4.78 is 4.89. The van der Waals surface area contributed by atoms with Crippen molar-refractivity contribution in [1.82, 2.24) is 9.97 Å². The lowest BCUT2D eigenvalue weighted by molar-refractivity contribution is -0.115. The van der Waals surface area contributed by atoms with E-state index in [1.807, 2.05) is 0 Å². The van der Waals surface area contributed by atoms with Crippen molar-refractivity contribution in [3.05, 3.63) is 40.2 Å². The number of hydrogen-bond donors (Lipinski definition) is 4. The first-order chi connectivity index (χ1) is 13.7. The predicted molar refractivity (Wildman–Crippen MR) is 107 cm³/mol. The molecule has 4 N–H and O–H groups in total. The average Bonchev–Trinajstić information content (AvgIpc) is 2.65. The van der Waals surface area contributed by atoms with E-state index in [0.29, 0.717) is 11.3 Å². The van der Waals surface area contributed by atoms with E-state index < -0.39 is 28.6 Å². The number of aromatic nitrogens is 2. The van der Waals surface area contributed by atoms with Crippen LogP contribution >= 0.6 is 11.8 Å². The maximum atomic E-state index is 12.4. The second kappa shape index (κ2) is 9.73. The van der Waals surface area contributed by atoms with Crippen LogP contribution in [-0.4, -0.2) is 44.7 Å². The number of benzene rings is 1. The molecular formula is C18H20N4O6S. The quantitative estimate of drug-likeness (QED) is 0.300. The second-order valence-electron chi connectivity index (χ2n) is 5.80. The van der Waals surface area contributed by atoms with Gasteiger partial charge in [-0.3, -0.25) is 19.4 Å². The van der Waals surface area contributed by atoms with Crippen molar-refractivity contribution >= 4 is 40.9 Å². The number of ether oxygens (including phenoxy) is 1. The van der Waals surface area contributed by atoms with Gasteiger partial charge in [0.05, 0.1) is 17.4 Å². The number of carbonyl (C=O) groups is 3. The molecule has 29 heavy (non-hydrogen) atoms. The highest BCUT2D eigenvalue weighted by Crippen LogP contribution is 2.24. The van der Waals surface area contributed by atoms with E-state index in [1.165, 1.54) is 19.1 Å². The number of amides is 2. The first-order valence-corrected chi connectivity index (χ1v) is 9.44. The lowest BCUT2D eigenvalue weighted by atomic mass is 10.2. The number of carbonyl (C=O) groups excluding carboxylic acids is 3. The zero-order valence-electron chi connectivity index (χ0n) is 15.9. The number of nitrogens with one attached hydrogen (secondary N) is 3. The molecule has 1 aromatic carbocycles. The molecule has 0 aliphatic rings. The Morgan fingerprint density at radius 1 is 1.24 bits per heavy atom. The van der Waals surface area contributed by atoms with Crippen molar-refractivity contribution in [3.8, 4) is 5.88 Å². The highest BCUT2D eigenvalue weighted by molar-refractivity contribution is 8.00. The number of hydrogen-bond acceptors (Lipinski definition) is 8. The Kier molecular flexibility index (Phi) is 7.37. The molecule has 0 radical (unpaired) electrons. The predicted octanol–water partition coefficient (Wildman–Crippen LogP) is 1.73. The Morgan fingerprint density at radius 2 is 1.90 bits per heavy atom. The van der Waals surface area contributed by atoms with E-state index in [2.05, 4.69) is 20.6 Å². The molecule has 0 fully saturated rings. The van der Waals surface area contributed by atoms with Gasteiger partial charge in [-0.2, -0.15) is 4.98 Å². The fourth-order valence-electron chi connectivity index (χ4n) is 2.15. The molecule has 1 aromatic heterocycles.